The minimum absolute atomic E-state index is 0. The van der Waals surface area contributed by atoms with E-state index in [-0.39, 0.29) is 37.4 Å². The zero-order valence-electron chi connectivity index (χ0n) is 9.85. The molecule has 8 heteroatoms. The zero-order chi connectivity index (χ0) is 11.6. The van der Waals surface area contributed by atoms with Gasteiger partial charge in [0.2, 0.25) is 0 Å². The van der Waals surface area contributed by atoms with Crippen LogP contribution < -0.4 is 5.32 Å². The number of aliphatic hydroxyl groups excluding tert-OH is 4. The minimum Gasteiger partial charge on any atom is -0.389 e. The average molecular weight is 293 g/mol. The fourth-order valence-electron chi connectivity index (χ4n) is 1.75. The number of hydrogen-bond acceptors (Lipinski definition) is 6. The molecule has 0 aromatic carbocycles. The van der Waals surface area contributed by atoms with Crippen molar-refractivity contribution < 1.29 is 20.4 Å². The van der Waals surface area contributed by atoms with Crippen LogP contribution in [0.4, 0.5) is 0 Å². The number of aliphatic hydroxyl groups is 4. The molecule has 0 bridgehead atoms. The molecule has 0 radical (unpaired) electrons. The van der Waals surface area contributed by atoms with Crippen LogP contribution in [0, 0.1) is 0 Å². The molecule has 1 heterocycles. The van der Waals surface area contributed by atoms with Crippen molar-refractivity contribution in [3.05, 3.63) is 0 Å². The Kier molecular flexibility index (Phi) is 9.77. The van der Waals surface area contributed by atoms with Crippen LogP contribution in [0.1, 0.15) is 0 Å². The second-order valence-corrected chi connectivity index (χ2v) is 4.32. The van der Waals surface area contributed by atoms with Gasteiger partial charge in [-0.05, 0) is 14.1 Å². The molecule has 0 unspecified atom stereocenters. The van der Waals surface area contributed by atoms with Gasteiger partial charge < -0.3 is 30.6 Å². The second-order valence-electron chi connectivity index (χ2n) is 4.32. The van der Waals surface area contributed by atoms with E-state index >= 15 is 0 Å². The number of nitrogens with zero attached hydrogens (tertiary/aromatic N) is 1. The highest BCUT2D eigenvalue weighted by Gasteiger charge is 2.38. The third kappa shape index (κ3) is 5.23. The van der Waals surface area contributed by atoms with Crippen molar-refractivity contribution >= 4 is 24.8 Å². The molecule has 1 aliphatic rings. The first kappa shape index (κ1) is 19.7. The summed E-state index contributed by atoms with van der Waals surface area (Å²) in [5, 5.41) is 41.1. The van der Waals surface area contributed by atoms with Crippen molar-refractivity contribution in [2.24, 2.45) is 0 Å². The molecular weight excluding hydrogens is 271 g/mol. The molecule has 17 heavy (non-hydrogen) atoms. The molecule has 5 N–H and O–H groups in total. The summed E-state index contributed by atoms with van der Waals surface area (Å²) < 4.78 is 0. The maximum absolute atomic E-state index is 9.74. The normalized spacial score (nSPS) is 37.9. The van der Waals surface area contributed by atoms with E-state index in [0.29, 0.717) is 6.54 Å². The van der Waals surface area contributed by atoms with Crippen molar-refractivity contribution in [1.82, 2.24) is 10.2 Å². The monoisotopic (exact) mass is 292 g/mol. The number of rotatable bonds is 2. The second kappa shape index (κ2) is 8.44. The van der Waals surface area contributed by atoms with Crippen molar-refractivity contribution in [3.8, 4) is 0 Å². The van der Waals surface area contributed by atoms with Gasteiger partial charge in [0.15, 0.2) is 0 Å². The summed E-state index contributed by atoms with van der Waals surface area (Å²) in [5.74, 6) is 0. The topological polar surface area (TPSA) is 96.2 Å². The van der Waals surface area contributed by atoms with Gasteiger partial charge in [-0.15, -0.1) is 24.8 Å². The van der Waals surface area contributed by atoms with Gasteiger partial charge in [0, 0.05) is 19.1 Å². The van der Waals surface area contributed by atoms with Crippen LogP contribution >= 0.6 is 24.8 Å². The molecule has 1 rings (SSSR count). The van der Waals surface area contributed by atoms with Crippen molar-refractivity contribution in [1.29, 1.82) is 0 Å². The lowest BCUT2D eigenvalue weighted by Gasteiger charge is -2.28. The first-order chi connectivity index (χ1) is 6.93. The SMILES string of the molecule is CN(C)C[C@H]1NC[C@@H](O)[C@@H](O)[C@H](O)[C@@H]1O.Cl.Cl. The molecule has 0 saturated carbocycles. The van der Waals surface area contributed by atoms with Gasteiger partial charge in [-0.1, -0.05) is 0 Å². The highest BCUT2D eigenvalue weighted by molar-refractivity contribution is 5.85. The molecule has 1 saturated heterocycles. The molecule has 1 fully saturated rings. The maximum atomic E-state index is 9.74. The van der Waals surface area contributed by atoms with Crippen LogP contribution in [0.5, 0.6) is 0 Å². The van der Waals surface area contributed by atoms with Gasteiger partial charge in [-0.25, -0.2) is 0 Å². The van der Waals surface area contributed by atoms with E-state index in [4.69, 9.17) is 0 Å². The van der Waals surface area contributed by atoms with E-state index in [1.807, 2.05) is 19.0 Å². The van der Waals surface area contributed by atoms with E-state index in [1.165, 1.54) is 0 Å². The molecular formula is C9H22Cl2N2O4. The fraction of sp³-hybridized carbons (Fsp3) is 1.00. The van der Waals surface area contributed by atoms with Gasteiger partial charge in [-0.2, -0.15) is 0 Å². The van der Waals surface area contributed by atoms with Crippen molar-refractivity contribution in [2.45, 2.75) is 30.5 Å². The van der Waals surface area contributed by atoms with E-state index < -0.39 is 24.4 Å². The Morgan fingerprint density at radius 3 is 2.00 bits per heavy atom. The third-order valence-electron chi connectivity index (χ3n) is 2.66. The highest BCUT2D eigenvalue weighted by atomic mass is 35.5. The molecule has 0 aromatic heterocycles. The van der Waals surface area contributed by atoms with Crippen LogP contribution in [0.3, 0.4) is 0 Å². The molecule has 1 aliphatic heterocycles. The largest absolute Gasteiger partial charge is 0.389 e. The van der Waals surface area contributed by atoms with E-state index in [1.54, 1.807) is 0 Å². The standard InChI is InChI=1S/C9H20N2O4.2ClH/c1-11(2)4-5-7(13)9(15)8(14)6(12)3-10-5;;/h5-10,12-15H,3-4H2,1-2H3;2*1H/t5-,6-,7-,8-,9-;;/m1../s1. The number of likely N-dealkylation sites (N-methyl/N-ethyl adjacent to an activating group) is 1. The maximum Gasteiger partial charge on any atom is 0.110 e. The zero-order valence-corrected chi connectivity index (χ0v) is 11.5. The smallest absolute Gasteiger partial charge is 0.110 e. The third-order valence-corrected chi connectivity index (χ3v) is 2.66. The first-order valence-corrected chi connectivity index (χ1v) is 5.04. The lowest BCUT2D eigenvalue weighted by Crippen LogP contribution is -2.51. The van der Waals surface area contributed by atoms with Gasteiger partial charge >= 0.3 is 0 Å². The Morgan fingerprint density at radius 2 is 1.53 bits per heavy atom. The molecule has 5 atom stereocenters. The lowest BCUT2D eigenvalue weighted by molar-refractivity contribution is -0.0964. The molecule has 0 amide bonds. The van der Waals surface area contributed by atoms with Gasteiger partial charge in [0.05, 0.1) is 12.2 Å². The number of β-amino-alcohol motifs (C(OH)–C–C–N with tert-alkyl or cyclic N) is 1. The highest BCUT2D eigenvalue weighted by Crippen LogP contribution is 2.12. The Morgan fingerprint density at radius 1 is 1.00 bits per heavy atom. The Labute approximate surface area is 113 Å². The van der Waals surface area contributed by atoms with Crippen LogP contribution in [0.2, 0.25) is 0 Å². The molecule has 0 aromatic rings. The molecule has 106 valence electrons. The summed E-state index contributed by atoms with van der Waals surface area (Å²) in [4.78, 5) is 1.86. The Bertz CT molecular complexity index is 211. The number of hydrogen-bond donors (Lipinski definition) is 5. The van der Waals surface area contributed by atoms with Crippen LogP contribution in [0.15, 0.2) is 0 Å². The van der Waals surface area contributed by atoms with E-state index in [0.717, 1.165) is 0 Å². The summed E-state index contributed by atoms with van der Waals surface area (Å²) in [7, 11) is 3.69. The van der Waals surface area contributed by atoms with Crippen molar-refractivity contribution in [2.75, 3.05) is 27.2 Å². The summed E-state index contributed by atoms with van der Waals surface area (Å²) in [6.07, 6.45) is -4.76. The predicted molar refractivity (Wildman–Crippen MR) is 68.9 cm³/mol. The van der Waals surface area contributed by atoms with Crippen LogP contribution in [0.25, 0.3) is 0 Å². The van der Waals surface area contributed by atoms with Crippen LogP contribution in [-0.2, 0) is 0 Å². The van der Waals surface area contributed by atoms with E-state index in [9.17, 15) is 20.4 Å². The Balaban J connectivity index is 0. The first-order valence-electron chi connectivity index (χ1n) is 5.04. The summed E-state index contributed by atoms with van der Waals surface area (Å²) in [6.45, 7) is 0.686. The Hall–Kier alpha value is 0.340. The van der Waals surface area contributed by atoms with Gasteiger partial charge in [0.1, 0.15) is 12.2 Å². The summed E-state index contributed by atoms with van der Waals surface area (Å²) >= 11 is 0. The van der Waals surface area contributed by atoms with Gasteiger partial charge in [-0.3, -0.25) is 0 Å². The predicted octanol–water partition coefficient (Wildman–Crippen LogP) is -2.19. The molecule has 0 aliphatic carbocycles. The summed E-state index contributed by atoms with van der Waals surface area (Å²) in [5.41, 5.74) is 0. The van der Waals surface area contributed by atoms with Crippen molar-refractivity contribution in [3.63, 3.8) is 0 Å². The molecule has 0 spiro atoms. The molecule has 6 nitrogen and oxygen atoms in total. The minimum atomic E-state index is -1.32. The summed E-state index contributed by atoms with van der Waals surface area (Å²) in [6, 6.07) is -0.359. The van der Waals surface area contributed by atoms with E-state index in [2.05, 4.69) is 5.32 Å². The number of nitrogens with one attached hydrogen (secondary N) is 1. The quantitative estimate of drug-likeness (QED) is 0.397. The fourth-order valence-corrected chi connectivity index (χ4v) is 1.75. The average Bonchev–Trinajstić information content (AvgIpc) is 2.25. The number of halogens is 2. The van der Waals surface area contributed by atoms with Gasteiger partial charge in [0.25, 0.3) is 0 Å². The van der Waals surface area contributed by atoms with Crippen LogP contribution in [-0.4, -0.2) is 83.0 Å². The lowest BCUT2D eigenvalue weighted by atomic mass is 10.0.